The van der Waals surface area contributed by atoms with Crippen LogP contribution in [0.4, 0.5) is 0 Å². The van der Waals surface area contributed by atoms with Crippen LogP contribution in [0.25, 0.3) is 10.2 Å². The van der Waals surface area contributed by atoms with Crippen LogP contribution in [0, 0.1) is 0 Å². The van der Waals surface area contributed by atoms with E-state index in [0.29, 0.717) is 5.01 Å². The number of aromatic nitrogens is 1. The quantitative estimate of drug-likeness (QED) is 0.476. The minimum atomic E-state index is 0.184. The van der Waals surface area contributed by atoms with Crippen LogP contribution in [0.2, 0.25) is 0 Å². The molecule has 0 bridgehead atoms. The highest BCUT2D eigenvalue weighted by atomic mass is 32.1. The van der Waals surface area contributed by atoms with Crippen molar-refractivity contribution >= 4 is 33.0 Å². The van der Waals surface area contributed by atoms with Gasteiger partial charge in [-0.2, -0.15) is 0 Å². The number of nitrogens with zero attached hydrogens (tertiary/aromatic N) is 3. The first-order valence-corrected chi connectivity index (χ1v) is 5.35. The first kappa shape index (κ1) is 10.6. The van der Waals surface area contributed by atoms with Gasteiger partial charge in [-0.1, -0.05) is 22.4 Å². The molecule has 16 heavy (non-hydrogen) atoms. The second-order valence-electron chi connectivity index (χ2n) is 3.12. The summed E-state index contributed by atoms with van der Waals surface area (Å²) in [5.74, 6) is 0. The molecule has 0 amide bonds. The summed E-state index contributed by atoms with van der Waals surface area (Å²) in [6.07, 6.45) is 0. The summed E-state index contributed by atoms with van der Waals surface area (Å²) in [5, 5.41) is 24.1. The second kappa shape index (κ2) is 4.28. The smallest absolute Gasteiger partial charge is 0.163 e. The van der Waals surface area contributed by atoms with Gasteiger partial charge in [-0.25, -0.2) is 4.98 Å². The van der Waals surface area contributed by atoms with Gasteiger partial charge in [0, 0.05) is 0 Å². The first-order valence-electron chi connectivity index (χ1n) is 4.53. The molecule has 5 nitrogen and oxygen atoms in total. The van der Waals surface area contributed by atoms with E-state index >= 15 is 0 Å². The van der Waals surface area contributed by atoms with Crippen LogP contribution < -0.4 is 0 Å². The zero-order valence-electron chi connectivity index (χ0n) is 8.45. The van der Waals surface area contributed by atoms with E-state index in [1.165, 1.54) is 11.3 Å². The van der Waals surface area contributed by atoms with Crippen molar-refractivity contribution in [3.8, 4) is 0 Å². The van der Waals surface area contributed by atoms with Crippen molar-refractivity contribution in [2.75, 3.05) is 0 Å². The summed E-state index contributed by atoms with van der Waals surface area (Å²) in [6.45, 7) is 1.54. The highest BCUT2D eigenvalue weighted by molar-refractivity contribution is 7.21. The number of fused-ring (bicyclic) bond motifs is 1. The number of thiazole rings is 1. The molecule has 2 rings (SSSR count). The van der Waals surface area contributed by atoms with E-state index in [-0.39, 0.29) is 11.4 Å². The van der Waals surface area contributed by atoms with Crippen molar-refractivity contribution in [3.05, 3.63) is 29.3 Å². The third-order valence-corrected chi connectivity index (χ3v) is 3.13. The molecule has 0 aliphatic rings. The molecule has 2 aromatic rings. The lowest BCUT2D eigenvalue weighted by Crippen LogP contribution is -2.11. The van der Waals surface area contributed by atoms with Crippen LogP contribution in [0.5, 0.6) is 0 Å². The van der Waals surface area contributed by atoms with Gasteiger partial charge in [-0.05, 0) is 19.1 Å². The fraction of sp³-hybridized carbons (Fsp3) is 0.100. The van der Waals surface area contributed by atoms with Crippen molar-refractivity contribution < 1.29 is 10.4 Å². The number of oxime groups is 2. The Morgan fingerprint density at radius 2 is 2.00 bits per heavy atom. The van der Waals surface area contributed by atoms with Crippen molar-refractivity contribution in [2.24, 2.45) is 10.3 Å². The molecule has 0 radical (unpaired) electrons. The van der Waals surface area contributed by atoms with Crippen molar-refractivity contribution in [1.82, 2.24) is 4.98 Å². The van der Waals surface area contributed by atoms with E-state index in [0.717, 1.165) is 10.2 Å². The molecule has 1 aromatic carbocycles. The maximum absolute atomic E-state index is 8.87. The van der Waals surface area contributed by atoms with Gasteiger partial charge >= 0.3 is 0 Å². The molecule has 1 aromatic heterocycles. The Labute approximate surface area is 95.4 Å². The number of hydrogen-bond acceptors (Lipinski definition) is 6. The molecule has 0 atom stereocenters. The molecule has 2 N–H and O–H groups in total. The molecule has 0 saturated heterocycles. The van der Waals surface area contributed by atoms with E-state index in [1.54, 1.807) is 6.92 Å². The third kappa shape index (κ3) is 1.74. The van der Waals surface area contributed by atoms with Gasteiger partial charge in [0.2, 0.25) is 0 Å². The lowest BCUT2D eigenvalue weighted by molar-refractivity contribution is 0.314. The Kier molecular flexibility index (Phi) is 2.82. The normalized spacial score (nSPS) is 13.3. The average molecular weight is 235 g/mol. The number of rotatable bonds is 2. The average Bonchev–Trinajstić information content (AvgIpc) is 2.72. The molecule has 0 aliphatic carbocycles. The highest BCUT2D eigenvalue weighted by Gasteiger charge is 2.14. The maximum Gasteiger partial charge on any atom is 0.163 e. The van der Waals surface area contributed by atoms with Gasteiger partial charge in [-0.3, -0.25) is 0 Å². The Balaban J connectivity index is 2.55. The molecule has 0 spiro atoms. The van der Waals surface area contributed by atoms with Crippen LogP contribution in [0.15, 0.2) is 34.6 Å². The molecule has 0 aliphatic heterocycles. The van der Waals surface area contributed by atoms with Crippen LogP contribution in [0.3, 0.4) is 0 Å². The van der Waals surface area contributed by atoms with E-state index in [2.05, 4.69) is 15.3 Å². The van der Waals surface area contributed by atoms with Gasteiger partial charge < -0.3 is 10.4 Å². The second-order valence-corrected chi connectivity index (χ2v) is 4.15. The lowest BCUT2D eigenvalue weighted by atomic mass is 10.3. The topological polar surface area (TPSA) is 78.1 Å². The van der Waals surface area contributed by atoms with Gasteiger partial charge in [0.05, 0.1) is 10.2 Å². The fourth-order valence-corrected chi connectivity index (χ4v) is 2.29. The summed E-state index contributed by atoms with van der Waals surface area (Å²) in [5.41, 5.74) is 1.24. The van der Waals surface area contributed by atoms with E-state index in [4.69, 9.17) is 10.4 Å². The van der Waals surface area contributed by atoms with E-state index in [9.17, 15) is 0 Å². The summed E-state index contributed by atoms with van der Waals surface area (Å²) in [4.78, 5) is 4.29. The van der Waals surface area contributed by atoms with Crippen LogP contribution in [0.1, 0.15) is 11.9 Å². The molecule has 0 unspecified atom stereocenters. The fourth-order valence-electron chi connectivity index (χ4n) is 1.29. The Morgan fingerprint density at radius 1 is 1.25 bits per heavy atom. The SMILES string of the molecule is CC(=NO)C(=NO)c1nc2ccccc2s1. The molecular weight excluding hydrogens is 226 g/mol. The third-order valence-electron chi connectivity index (χ3n) is 2.09. The zero-order chi connectivity index (χ0) is 11.5. The predicted molar refractivity (Wildman–Crippen MR) is 62.8 cm³/mol. The lowest BCUT2D eigenvalue weighted by Gasteiger charge is -1.95. The standard InChI is InChI=1S/C10H9N3O2S/c1-6(12-14)9(13-15)10-11-7-4-2-3-5-8(7)16-10/h2-5,14-15H,1H3. The van der Waals surface area contributed by atoms with E-state index in [1.807, 2.05) is 24.3 Å². The summed E-state index contributed by atoms with van der Waals surface area (Å²) >= 11 is 1.38. The van der Waals surface area contributed by atoms with Gasteiger partial charge in [0.15, 0.2) is 5.71 Å². The minimum absolute atomic E-state index is 0.184. The van der Waals surface area contributed by atoms with Crippen molar-refractivity contribution in [3.63, 3.8) is 0 Å². The molecular formula is C10H9N3O2S. The van der Waals surface area contributed by atoms with Crippen molar-refractivity contribution in [1.29, 1.82) is 0 Å². The molecule has 82 valence electrons. The Hall–Kier alpha value is -1.95. The van der Waals surface area contributed by atoms with E-state index < -0.39 is 0 Å². The molecule has 1 heterocycles. The zero-order valence-corrected chi connectivity index (χ0v) is 9.27. The van der Waals surface area contributed by atoms with Crippen LogP contribution >= 0.6 is 11.3 Å². The van der Waals surface area contributed by atoms with Gasteiger partial charge in [-0.15, -0.1) is 11.3 Å². The number of hydrogen-bond donors (Lipinski definition) is 2. The first-order chi connectivity index (χ1) is 7.76. The maximum atomic E-state index is 8.87. The summed E-state index contributed by atoms with van der Waals surface area (Å²) < 4.78 is 0.990. The largest absolute Gasteiger partial charge is 0.411 e. The summed E-state index contributed by atoms with van der Waals surface area (Å²) in [7, 11) is 0. The minimum Gasteiger partial charge on any atom is -0.411 e. The monoisotopic (exact) mass is 235 g/mol. The van der Waals surface area contributed by atoms with Gasteiger partial charge in [0.1, 0.15) is 10.7 Å². The Morgan fingerprint density at radius 3 is 2.62 bits per heavy atom. The van der Waals surface area contributed by atoms with Gasteiger partial charge in [0.25, 0.3) is 0 Å². The summed E-state index contributed by atoms with van der Waals surface area (Å²) in [6, 6.07) is 7.59. The predicted octanol–water partition coefficient (Wildman–Crippen LogP) is 2.32. The molecule has 6 heteroatoms. The number of para-hydroxylation sites is 1. The highest BCUT2D eigenvalue weighted by Crippen LogP contribution is 2.22. The van der Waals surface area contributed by atoms with Crippen molar-refractivity contribution in [2.45, 2.75) is 6.92 Å². The number of benzene rings is 1. The van der Waals surface area contributed by atoms with Crippen LogP contribution in [-0.4, -0.2) is 26.8 Å². The Bertz CT molecular complexity index is 541. The molecule has 0 saturated carbocycles. The molecule has 0 fully saturated rings. The van der Waals surface area contributed by atoms with Crippen LogP contribution in [-0.2, 0) is 0 Å².